The predicted molar refractivity (Wildman–Crippen MR) is 65.7 cm³/mol. The molecule has 1 aromatic heterocycles. The third-order valence-electron chi connectivity index (χ3n) is 3.58. The summed E-state index contributed by atoms with van der Waals surface area (Å²) in [5.74, 6) is 0.809. The van der Waals surface area contributed by atoms with Gasteiger partial charge in [0.15, 0.2) is 0 Å². The summed E-state index contributed by atoms with van der Waals surface area (Å²) in [4.78, 5) is 4.18. The Morgan fingerprint density at radius 2 is 2.06 bits per heavy atom. The molecule has 0 aromatic carbocycles. The topological polar surface area (TPSA) is 60.2 Å². The average molecular weight is 241 g/mol. The average Bonchev–Trinajstić information content (AvgIpc) is 2.79. The fourth-order valence-electron chi connectivity index (χ4n) is 2.22. The van der Waals surface area contributed by atoms with Gasteiger partial charge >= 0.3 is 0 Å². The minimum Gasteiger partial charge on any atom is -0.390 e. The molecule has 0 aliphatic rings. The smallest absolute Gasteiger partial charge is 0.138 e. The van der Waals surface area contributed by atoms with Crippen molar-refractivity contribution in [3.05, 3.63) is 12.2 Å². The van der Waals surface area contributed by atoms with E-state index in [4.69, 9.17) is 4.74 Å². The molecule has 98 valence electrons. The van der Waals surface area contributed by atoms with Crippen molar-refractivity contribution in [3.8, 4) is 0 Å². The van der Waals surface area contributed by atoms with Crippen molar-refractivity contribution in [1.29, 1.82) is 0 Å². The van der Waals surface area contributed by atoms with E-state index in [0.29, 0.717) is 6.42 Å². The van der Waals surface area contributed by atoms with Crippen LogP contribution in [0, 0.1) is 0 Å². The molecule has 0 saturated carbocycles. The van der Waals surface area contributed by atoms with Gasteiger partial charge < -0.3 is 9.84 Å². The first kappa shape index (κ1) is 14.1. The second-order valence-corrected chi connectivity index (χ2v) is 4.19. The van der Waals surface area contributed by atoms with Gasteiger partial charge in [0.1, 0.15) is 12.2 Å². The molecule has 1 atom stereocenters. The van der Waals surface area contributed by atoms with Gasteiger partial charge in [-0.25, -0.2) is 4.98 Å². The van der Waals surface area contributed by atoms with Gasteiger partial charge in [0, 0.05) is 20.1 Å². The van der Waals surface area contributed by atoms with Crippen LogP contribution in [0.1, 0.15) is 39.4 Å². The van der Waals surface area contributed by atoms with Crippen molar-refractivity contribution >= 4 is 0 Å². The molecule has 1 rings (SSSR count). The van der Waals surface area contributed by atoms with Crippen LogP contribution < -0.4 is 0 Å². The van der Waals surface area contributed by atoms with E-state index in [1.165, 1.54) is 6.33 Å². The van der Waals surface area contributed by atoms with Crippen LogP contribution in [0.15, 0.2) is 6.33 Å². The van der Waals surface area contributed by atoms with Crippen molar-refractivity contribution in [2.45, 2.75) is 58.3 Å². The van der Waals surface area contributed by atoms with Crippen LogP contribution >= 0.6 is 0 Å². The number of rotatable bonds is 7. The Hall–Kier alpha value is -0.940. The maximum Gasteiger partial charge on any atom is 0.138 e. The van der Waals surface area contributed by atoms with Gasteiger partial charge in [0.05, 0.1) is 11.7 Å². The molecule has 1 unspecified atom stereocenters. The Balaban J connectivity index is 2.80. The Bertz CT molecular complexity index is 326. The molecule has 0 saturated heterocycles. The third-order valence-corrected chi connectivity index (χ3v) is 3.58. The van der Waals surface area contributed by atoms with Crippen molar-refractivity contribution in [2.24, 2.45) is 0 Å². The minimum atomic E-state index is -0.558. The Morgan fingerprint density at radius 3 is 2.53 bits per heavy atom. The maximum atomic E-state index is 10.3. The van der Waals surface area contributed by atoms with Crippen LogP contribution in [-0.2, 0) is 17.7 Å². The number of hydrogen-bond donors (Lipinski definition) is 1. The van der Waals surface area contributed by atoms with Crippen molar-refractivity contribution in [2.75, 3.05) is 7.11 Å². The van der Waals surface area contributed by atoms with Crippen molar-refractivity contribution in [1.82, 2.24) is 14.8 Å². The summed E-state index contributed by atoms with van der Waals surface area (Å²) in [6, 6.07) is 0. The maximum absolute atomic E-state index is 10.3. The normalized spacial score (nSPS) is 13.9. The molecular weight excluding hydrogens is 218 g/mol. The molecule has 0 aliphatic heterocycles. The van der Waals surface area contributed by atoms with E-state index in [9.17, 15) is 5.11 Å². The molecule has 17 heavy (non-hydrogen) atoms. The van der Waals surface area contributed by atoms with Crippen molar-refractivity contribution < 1.29 is 9.84 Å². The van der Waals surface area contributed by atoms with Gasteiger partial charge in [-0.3, -0.25) is 4.68 Å². The standard InChI is InChI=1S/C12H23N3O2/c1-5-12(6-2,17-4)10(16)8-11-13-9-14-15(11)7-3/h9-10,16H,5-8H2,1-4H3. The Morgan fingerprint density at radius 1 is 1.41 bits per heavy atom. The zero-order valence-electron chi connectivity index (χ0n) is 11.2. The number of nitrogens with zero attached hydrogens (tertiary/aromatic N) is 3. The van der Waals surface area contributed by atoms with Gasteiger partial charge in [-0.1, -0.05) is 13.8 Å². The lowest BCUT2D eigenvalue weighted by Gasteiger charge is -2.35. The SMILES string of the molecule is CCn1ncnc1CC(O)C(CC)(CC)OC. The van der Waals surface area contributed by atoms with E-state index in [1.807, 2.05) is 20.8 Å². The number of hydrogen-bond acceptors (Lipinski definition) is 4. The molecule has 1 heterocycles. The number of aliphatic hydroxyl groups excluding tert-OH is 1. The van der Waals surface area contributed by atoms with Crippen LogP contribution in [0.5, 0.6) is 0 Å². The number of ether oxygens (including phenoxy) is 1. The lowest BCUT2D eigenvalue weighted by atomic mass is 9.88. The molecule has 0 radical (unpaired) electrons. The molecular formula is C12H23N3O2. The zero-order valence-corrected chi connectivity index (χ0v) is 11.2. The Labute approximate surface area is 103 Å². The zero-order chi connectivity index (χ0) is 12.9. The highest BCUT2D eigenvalue weighted by Crippen LogP contribution is 2.26. The van der Waals surface area contributed by atoms with Crippen LogP contribution in [-0.4, -0.2) is 38.7 Å². The molecule has 1 N–H and O–H groups in total. The van der Waals surface area contributed by atoms with E-state index in [0.717, 1.165) is 25.2 Å². The van der Waals surface area contributed by atoms with E-state index >= 15 is 0 Å². The van der Waals surface area contributed by atoms with Crippen LogP contribution in [0.4, 0.5) is 0 Å². The second-order valence-electron chi connectivity index (χ2n) is 4.19. The summed E-state index contributed by atoms with van der Waals surface area (Å²) in [5, 5.41) is 14.4. The molecule has 0 spiro atoms. The highest BCUT2D eigenvalue weighted by molar-refractivity contribution is 4.95. The fourth-order valence-corrected chi connectivity index (χ4v) is 2.22. The predicted octanol–water partition coefficient (Wildman–Crippen LogP) is 1.41. The number of aliphatic hydroxyl groups is 1. The molecule has 0 bridgehead atoms. The van der Waals surface area contributed by atoms with E-state index in [2.05, 4.69) is 10.1 Å². The summed E-state index contributed by atoms with van der Waals surface area (Å²) in [5.41, 5.74) is -0.482. The summed E-state index contributed by atoms with van der Waals surface area (Å²) >= 11 is 0. The quantitative estimate of drug-likeness (QED) is 0.784. The molecule has 1 aromatic rings. The molecule has 5 heteroatoms. The van der Waals surface area contributed by atoms with Gasteiger partial charge in [-0.2, -0.15) is 5.10 Å². The molecule has 0 amide bonds. The third kappa shape index (κ3) is 2.84. The highest BCUT2D eigenvalue weighted by atomic mass is 16.5. The van der Waals surface area contributed by atoms with Crippen molar-refractivity contribution in [3.63, 3.8) is 0 Å². The van der Waals surface area contributed by atoms with Gasteiger partial charge in [-0.05, 0) is 19.8 Å². The molecule has 0 fully saturated rings. The largest absolute Gasteiger partial charge is 0.390 e. The van der Waals surface area contributed by atoms with Gasteiger partial charge in [-0.15, -0.1) is 0 Å². The second kappa shape index (κ2) is 6.12. The first-order chi connectivity index (χ1) is 8.13. The van der Waals surface area contributed by atoms with E-state index in [1.54, 1.807) is 11.8 Å². The van der Waals surface area contributed by atoms with Gasteiger partial charge in [0.2, 0.25) is 0 Å². The van der Waals surface area contributed by atoms with E-state index in [-0.39, 0.29) is 0 Å². The monoisotopic (exact) mass is 241 g/mol. The first-order valence-corrected chi connectivity index (χ1v) is 6.23. The van der Waals surface area contributed by atoms with Crippen LogP contribution in [0.2, 0.25) is 0 Å². The molecule has 0 aliphatic carbocycles. The summed E-state index contributed by atoms with van der Waals surface area (Å²) in [7, 11) is 1.65. The number of aromatic nitrogens is 3. The summed E-state index contributed by atoms with van der Waals surface area (Å²) in [6.45, 7) is 6.83. The first-order valence-electron chi connectivity index (χ1n) is 6.23. The van der Waals surface area contributed by atoms with Crippen LogP contribution in [0.3, 0.4) is 0 Å². The Kier molecular flexibility index (Phi) is 5.08. The lowest BCUT2D eigenvalue weighted by Crippen LogP contribution is -2.44. The van der Waals surface area contributed by atoms with E-state index < -0.39 is 11.7 Å². The minimum absolute atomic E-state index is 0.476. The number of methoxy groups -OCH3 is 1. The van der Waals surface area contributed by atoms with Gasteiger partial charge in [0.25, 0.3) is 0 Å². The fraction of sp³-hybridized carbons (Fsp3) is 0.833. The summed E-state index contributed by atoms with van der Waals surface area (Å²) < 4.78 is 7.31. The highest BCUT2D eigenvalue weighted by Gasteiger charge is 2.35. The van der Waals surface area contributed by atoms with Crippen LogP contribution in [0.25, 0.3) is 0 Å². The number of aryl methyl sites for hydroxylation is 1. The summed E-state index contributed by atoms with van der Waals surface area (Å²) in [6.07, 6.45) is 3.00. The lowest BCUT2D eigenvalue weighted by molar-refractivity contribution is -0.107. The molecule has 5 nitrogen and oxygen atoms in total.